The number of aromatic nitrogens is 1. The zero-order valence-electron chi connectivity index (χ0n) is 21.1. The van der Waals surface area contributed by atoms with Crippen molar-refractivity contribution < 1.29 is 14.3 Å². The normalized spacial score (nSPS) is 15.0. The van der Waals surface area contributed by atoms with Gasteiger partial charge in [0.2, 0.25) is 0 Å². The Balaban J connectivity index is 1.58. The Morgan fingerprint density at radius 3 is 2.68 bits per heavy atom. The van der Waals surface area contributed by atoms with Crippen molar-refractivity contribution in [3.05, 3.63) is 81.2 Å². The molecule has 1 aliphatic rings. The van der Waals surface area contributed by atoms with E-state index in [0.717, 1.165) is 41.7 Å². The number of esters is 1. The van der Waals surface area contributed by atoms with Gasteiger partial charge in [0, 0.05) is 20.8 Å². The average molecular weight is 533 g/mol. The van der Waals surface area contributed by atoms with Gasteiger partial charge in [0.05, 0.1) is 28.4 Å². The first-order valence-corrected chi connectivity index (χ1v) is 13.9. The summed E-state index contributed by atoms with van der Waals surface area (Å²) in [5.41, 5.74) is 4.24. The van der Waals surface area contributed by atoms with E-state index in [2.05, 4.69) is 12.2 Å². The van der Waals surface area contributed by atoms with Crippen molar-refractivity contribution in [2.24, 2.45) is 5.92 Å². The topological polar surface area (TPSA) is 68.3 Å². The molecule has 1 amide bonds. The number of hydrogen-bond acceptors (Lipinski definition) is 5. The number of thiophene rings is 1. The fourth-order valence-electron chi connectivity index (χ4n) is 4.89. The summed E-state index contributed by atoms with van der Waals surface area (Å²) in [5, 5.41) is 4.79. The molecule has 1 unspecified atom stereocenters. The van der Waals surface area contributed by atoms with Gasteiger partial charge in [-0.2, -0.15) is 0 Å². The summed E-state index contributed by atoms with van der Waals surface area (Å²) in [4.78, 5) is 32.9. The lowest BCUT2D eigenvalue weighted by molar-refractivity contribution is 0.0378. The number of nitrogens with one attached hydrogen (secondary N) is 1. The number of fused-ring (bicyclic) bond motifs is 2. The molecule has 7 heteroatoms. The van der Waals surface area contributed by atoms with E-state index in [1.54, 1.807) is 18.2 Å². The molecule has 0 aliphatic heterocycles. The summed E-state index contributed by atoms with van der Waals surface area (Å²) < 4.78 is 5.59. The van der Waals surface area contributed by atoms with Gasteiger partial charge in [-0.1, -0.05) is 55.3 Å². The van der Waals surface area contributed by atoms with Crippen molar-refractivity contribution in [3.8, 4) is 11.3 Å². The molecule has 1 N–H and O–H groups in total. The molecule has 190 valence electrons. The highest BCUT2D eigenvalue weighted by molar-refractivity contribution is 7.17. The van der Waals surface area contributed by atoms with Gasteiger partial charge in [-0.15, -0.1) is 11.3 Å². The van der Waals surface area contributed by atoms with Crippen LogP contribution < -0.4 is 5.32 Å². The summed E-state index contributed by atoms with van der Waals surface area (Å²) in [6, 6.07) is 16.9. The quantitative estimate of drug-likeness (QED) is 0.256. The zero-order valence-corrected chi connectivity index (χ0v) is 22.7. The van der Waals surface area contributed by atoms with E-state index in [9.17, 15) is 9.59 Å². The molecule has 37 heavy (non-hydrogen) atoms. The molecule has 2 aromatic carbocycles. The Morgan fingerprint density at radius 1 is 1.16 bits per heavy atom. The van der Waals surface area contributed by atoms with Crippen LogP contribution in [-0.4, -0.2) is 23.0 Å². The number of ether oxygens (including phenoxy) is 1. The average Bonchev–Trinajstić information content (AvgIpc) is 3.25. The Hall–Kier alpha value is -3.22. The number of carbonyl (C=O) groups is 2. The summed E-state index contributed by atoms with van der Waals surface area (Å²) in [7, 11) is 0. The fourth-order valence-corrected chi connectivity index (χ4v) is 6.41. The number of anilines is 1. The Bertz CT molecular complexity index is 1480. The van der Waals surface area contributed by atoms with Crippen LogP contribution in [0.4, 0.5) is 5.00 Å². The van der Waals surface area contributed by atoms with Crippen LogP contribution >= 0.6 is 22.9 Å². The van der Waals surface area contributed by atoms with Crippen LogP contribution in [-0.2, 0) is 17.6 Å². The van der Waals surface area contributed by atoms with Gasteiger partial charge in [-0.05, 0) is 68.9 Å². The number of hydrogen-bond donors (Lipinski definition) is 1. The SMILES string of the molecule is CCC1CCc2c(sc(NC(=O)c3cc(-c4ccccc4)nc4ccc(Cl)cc34)c2C(=O)OC(C)C)C1. The molecule has 0 saturated heterocycles. The van der Waals surface area contributed by atoms with Gasteiger partial charge >= 0.3 is 5.97 Å². The third kappa shape index (κ3) is 5.27. The summed E-state index contributed by atoms with van der Waals surface area (Å²) in [6.07, 6.45) is 3.60. The zero-order chi connectivity index (χ0) is 26.1. The Kier molecular flexibility index (Phi) is 7.31. The summed E-state index contributed by atoms with van der Waals surface area (Å²) in [5.74, 6) is -0.107. The number of rotatable bonds is 6. The van der Waals surface area contributed by atoms with Gasteiger partial charge in [0.15, 0.2) is 0 Å². The minimum absolute atomic E-state index is 0.252. The molecule has 2 heterocycles. The molecule has 4 aromatic rings. The van der Waals surface area contributed by atoms with E-state index < -0.39 is 0 Å². The van der Waals surface area contributed by atoms with Gasteiger partial charge in [-0.3, -0.25) is 4.79 Å². The lowest BCUT2D eigenvalue weighted by Crippen LogP contribution is -2.19. The van der Waals surface area contributed by atoms with Gasteiger partial charge < -0.3 is 10.1 Å². The standard InChI is InChI=1S/C30H29ClN2O3S/c1-4-18-10-12-21-26(14-18)37-29(27(21)30(35)36-17(2)3)33-28(34)23-16-25(19-8-6-5-7-9-19)32-24-13-11-20(31)15-22(23)24/h5-9,11,13,15-18H,4,10,12,14H2,1-3H3,(H,33,34). The minimum Gasteiger partial charge on any atom is -0.459 e. The second-order valence-corrected chi connectivity index (χ2v) is 11.3. The molecular formula is C30H29ClN2O3S. The maximum atomic E-state index is 13.8. The highest BCUT2D eigenvalue weighted by Crippen LogP contribution is 2.41. The van der Waals surface area contributed by atoms with E-state index in [1.165, 1.54) is 11.3 Å². The molecule has 0 bridgehead atoms. The fraction of sp³-hybridized carbons (Fsp3) is 0.300. The minimum atomic E-state index is -0.384. The first-order chi connectivity index (χ1) is 17.8. The number of benzene rings is 2. The molecular weight excluding hydrogens is 504 g/mol. The highest BCUT2D eigenvalue weighted by atomic mass is 35.5. The monoisotopic (exact) mass is 532 g/mol. The van der Waals surface area contributed by atoms with Crippen molar-refractivity contribution in [3.63, 3.8) is 0 Å². The molecule has 5 rings (SSSR count). The van der Waals surface area contributed by atoms with Crippen molar-refractivity contribution in [1.82, 2.24) is 4.98 Å². The molecule has 5 nitrogen and oxygen atoms in total. The van der Waals surface area contributed by atoms with Crippen LogP contribution in [0.5, 0.6) is 0 Å². The molecule has 2 aromatic heterocycles. The molecule has 0 radical (unpaired) electrons. The number of amides is 1. The Labute approximate surface area is 225 Å². The van der Waals surface area contributed by atoms with Gasteiger partial charge in [0.25, 0.3) is 5.91 Å². The predicted octanol–water partition coefficient (Wildman–Crippen LogP) is 7.95. The van der Waals surface area contributed by atoms with Crippen LogP contribution in [0.15, 0.2) is 54.6 Å². The van der Waals surface area contributed by atoms with Crippen molar-refractivity contribution in [1.29, 1.82) is 0 Å². The van der Waals surface area contributed by atoms with Crippen molar-refractivity contribution >= 4 is 50.7 Å². The Morgan fingerprint density at radius 2 is 1.95 bits per heavy atom. The first-order valence-electron chi connectivity index (χ1n) is 12.7. The molecule has 1 atom stereocenters. The third-order valence-corrected chi connectivity index (χ3v) is 8.21. The second-order valence-electron chi connectivity index (χ2n) is 9.72. The predicted molar refractivity (Wildman–Crippen MR) is 151 cm³/mol. The highest BCUT2D eigenvalue weighted by Gasteiger charge is 2.31. The van der Waals surface area contributed by atoms with E-state index in [0.29, 0.717) is 43.7 Å². The number of carbonyl (C=O) groups excluding carboxylic acids is 2. The lowest BCUT2D eigenvalue weighted by Gasteiger charge is -2.21. The second kappa shape index (κ2) is 10.6. The summed E-state index contributed by atoms with van der Waals surface area (Å²) >= 11 is 7.80. The van der Waals surface area contributed by atoms with E-state index in [1.807, 2.05) is 50.2 Å². The van der Waals surface area contributed by atoms with E-state index in [-0.39, 0.29) is 18.0 Å². The lowest BCUT2D eigenvalue weighted by atomic mass is 9.85. The molecule has 0 spiro atoms. The molecule has 0 fully saturated rings. The maximum Gasteiger partial charge on any atom is 0.341 e. The number of pyridine rings is 1. The van der Waals surface area contributed by atoms with Gasteiger partial charge in [0.1, 0.15) is 5.00 Å². The third-order valence-electron chi connectivity index (χ3n) is 6.80. The van der Waals surface area contributed by atoms with Crippen molar-refractivity contribution in [2.45, 2.75) is 52.6 Å². The smallest absolute Gasteiger partial charge is 0.341 e. The number of halogens is 1. The maximum absolute atomic E-state index is 13.8. The van der Waals surface area contributed by atoms with Crippen LogP contribution in [0.1, 0.15) is 64.8 Å². The van der Waals surface area contributed by atoms with Crippen molar-refractivity contribution in [2.75, 3.05) is 5.32 Å². The van der Waals surface area contributed by atoms with E-state index >= 15 is 0 Å². The number of nitrogens with zero attached hydrogens (tertiary/aromatic N) is 1. The van der Waals surface area contributed by atoms with Crippen LogP contribution in [0.25, 0.3) is 22.2 Å². The van der Waals surface area contributed by atoms with E-state index in [4.69, 9.17) is 21.3 Å². The van der Waals surface area contributed by atoms with Crippen LogP contribution in [0.2, 0.25) is 5.02 Å². The van der Waals surface area contributed by atoms with Crippen LogP contribution in [0, 0.1) is 5.92 Å². The largest absolute Gasteiger partial charge is 0.459 e. The molecule has 1 aliphatic carbocycles. The van der Waals surface area contributed by atoms with Crippen LogP contribution in [0.3, 0.4) is 0 Å². The van der Waals surface area contributed by atoms with Gasteiger partial charge in [-0.25, -0.2) is 9.78 Å². The first kappa shape index (κ1) is 25.4. The molecule has 0 saturated carbocycles. The summed E-state index contributed by atoms with van der Waals surface area (Å²) in [6.45, 7) is 5.87.